The number of thioether (sulfide) groups is 1. The van der Waals surface area contributed by atoms with Crippen LogP contribution in [0, 0.1) is 13.8 Å². The highest BCUT2D eigenvalue weighted by Gasteiger charge is 2.25. The van der Waals surface area contributed by atoms with Crippen LogP contribution in [0.1, 0.15) is 30.1 Å². The minimum atomic E-state index is -3.78. The van der Waals surface area contributed by atoms with Crippen molar-refractivity contribution in [2.75, 3.05) is 18.6 Å². The summed E-state index contributed by atoms with van der Waals surface area (Å²) in [4.78, 5) is 16.8. The number of nitrogens with one attached hydrogen (secondary N) is 2. The van der Waals surface area contributed by atoms with Gasteiger partial charge in [-0.05, 0) is 50.8 Å². The smallest absolute Gasteiger partial charge is 0.241 e. The largest absolute Gasteiger partial charge is 0.355 e. The normalized spacial score (nSPS) is 12.7. The van der Waals surface area contributed by atoms with E-state index in [0.717, 1.165) is 5.56 Å². The van der Waals surface area contributed by atoms with Gasteiger partial charge in [-0.15, -0.1) is 0 Å². The maximum absolute atomic E-state index is 12.6. The molecule has 2 N–H and O–H groups in total. The lowest BCUT2D eigenvalue weighted by molar-refractivity contribution is -0.122. The molecule has 1 heterocycles. The Morgan fingerprint density at radius 3 is 2.57 bits per heavy atom. The van der Waals surface area contributed by atoms with Gasteiger partial charge in [0.05, 0.1) is 4.90 Å². The fourth-order valence-corrected chi connectivity index (χ4v) is 4.17. The Kier molecular flexibility index (Phi) is 8.46. The molecule has 28 heavy (non-hydrogen) atoms. The third-order valence-electron chi connectivity index (χ3n) is 3.99. The first-order valence-corrected chi connectivity index (χ1v) is 11.8. The van der Waals surface area contributed by atoms with Crippen molar-refractivity contribution >= 4 is 27.7 Å². The van der Waals surface area contributed by atoms with Crippen molar-refractivity contribution in [1.82, 2.24) is 20.2 Å². The van der Waals surface area contributed by atoms with E-state index in [0.29, 0.717) is 43.3 Å². The van der Waals surface area contributed by atoms with E-state index in [2.05, 4.69) is 20.2 Å². The summed E-state index contributed by atoms with van der Waals surface area (Å²) in [5, 5.41) is 6.50. The third-order valence-corrected chi connectivity index (χ3v) is 6.12. The standard InChI is InChI=1S/C18H26N4O4S2/c1-13-6-8-15(9-7-13)28(24,25)22-16(10-12-27-3)18(23)19-11-4-5-17-20-14(2)21-26-17/h6-9,16,22H,4-5,10-12H2,1-3H3,(H,19,23). The van der Waals surface area contributed by atoms with Gasteiger partial charge in [-0.25, -0.2) is 8.42 Å². The van der Waals surface area contributed by atoms with Crippen molar-refractivity contribution in [2.45, 2.75) is 44.0 Å². The van der Waals surface area contributed by atoms with Gasteiger partial charge in [-0.3, -0.25) is 4.79 Å². The summed E-state index contributed by atoms with van der Waals surface area (Å²) in [5.74, 6) is 1.41. The lowest BCUT2D eigenvalue weighted by Gasteiger charge is -2.18. The fourth-order valence-electron chi connectivity index (χ4n) is 2.47. The van der Waals surface area contributed by atoms with Gasteiger partial charge in [0.25, 0.3) is 0 Å². The number of aromatic nitrogens is 2. The van der Waals surface area contributed by atoms with E-state index >= 15 is 0 Å². The molecule has 1 atom stereocenters. The van der Waals surface area contributed by atoms with Gasteiger partial charge in [0.1, 0.15) is 6.04 Å². The lowest BCUT2D eigenvalue weighted by Crippen LogP contribution is -2.47. The molecule has 1 aromatic carbocycles. The molecule has 0 bridgehead atoms. The number of benzene rings is 1. The molecular weight excluding hydrogens is 400 g/mol. The van der Waals surface area contributed by atoms with Gasteiger partial charge >= 0.3 is 0 Å². The molecular formula is C18H26N4O4S2. The number of hydrogen-bond donors (Lipinski definition) is 2. The lowest BCUT2D eigenvalue weighted by atomic mass is 10.2. The number of sulfonamides is 1. The van der Waals surface area contributed by atoms with Crippen LogP contribution in [0.25, 0.3) is 0 Å². The highest BCUT2D eigenvalue weighted by molar-refractivity contribution is 7.98. The predicted molar refractivity (Wildman–Crippen MR) is 109 cm³/mol. The monoisotopic (exact) mass is 426 g/mol. The first-order valence-electron chi connectivity index (χ1n) is 8.96. The van der Waals surface area contributed by atoms with Gasteiger partial charge in [0.2, 0.25) is 21.8 Å². The number of hydrogen-bond acceptors (Lipinski definition) is 7. The number of rotatable bonds is 11. The first-order chi connectivity index (χ1) is 13.3. The SMILES string of the molecule is CSCCC(NS(=O)(=O)c1ccc(C)cc1)C(=O)NCCCc1nc(C)no1. The highest BCUT2D eigenvalue weighted by atomic mass is 32.2. The van der Waals surface area contributed by atoms with Crippen LogP contribution >= 0.6 is 11.8 Å². The summed E-state index contributed by atoms with van der Waals surface area (Å²) in [6.45, 7) is 4.02. The van der Waals surface area contributed by atoms with E-state index in [9.17, 15) is 13.2 Å². The Morgan fingerprint density at radius 1 is 1.25 bits per heavy atom. The topological polar surface area (TPSA) is 114 Å². The van der Waals surface area contributed by atoms with Gasteiger partial charge in [-0.1, -0.05) is 22.9 Å². The van der Waals surface area contributed by atoms with Gasteiger partial charge in [0, 0.05) is 13.0 Å². The molecule has 1 aromatic heterocycles. The number of amides is 1. The second-order valence-corrected chi connectivity index (χ2v) is 9.10. The van der Waals surface area contributed by atoms with E-state index in [1.165, 1.54) is 12.1 Å². The number of carbonyl (C=O) groups excluding carboxylic acids is 1. The molecule has 2 rings (SSSR count). The van der Waals surface area contributed by atoms with E-state index in [-0.39, 0.29) is 10.8 Å². The van der Waals surface area contributed by atoms with Crippen LogP contribution in [-0.4, -0.2) is 49.1 Å². The van der Waals surface area contributed by atoms with E-state index in [1.54, 1.807) is 30.8 Å². The number of nitrogens with zero attached hydrogens (tertiary/aromatic N) is 2. The zero-order valence-corrected chi connectivity index (χ0v) is 17.9. The molecule has 0 fully saturated rings. The van der Waals surface area contributed by atoms with Crippen LogP contribution in [0.5, 0.6) is 0 Å². The molecule has 0 radical (unpaired) electrons. The summed E-state index contributed by atoms with van der Waals surface area (Å²) in [6.07, 6.45) is 3.48. The average Bonchev–Trinajstić information content (AvgIpc) is 3.07. The number of aryl methyl sites for hydroxylation is 3. The van der Waals surface area contributed by atoms with Crippen LogP contribution in [0.4, 0.5) is 0 Å². The van der Waals surface area contributed by atoms with E-state index < -0.39 is 16.1 Å². The maximum atomic E-state index is 12.6. The molecule has 1 amide bonds. The van der Waals surface area contributed by atoms with Crippen molar-refractivity contribution in [3.05, 3.63) is 41.5 Å². The molecule has 154 valence electrons. The molecule has 8 nitrogen and oxygen atoms in total. The second-order valence-electron chi connectivity index (χ2n) is 6.40. The third kappa shape index (κ3) is 6.92. The second kappa shape index (κ2) is 10.6. The van der Waals surface area contributed by atoms with Gasteiger partial charge in [-0.2, -0.15) is 21.5 Å². The molecule has 0 spiro atoms. The molecule has 0 saturated carbocycles. The Bertz CT molecular complexity index is 866. The maximum Gasteiger partial charge on any atom is 0.241 e. The summed E-state index contributed by atoms with van der Waals surface area (Å²) in [5.41, 5.74) is 0.965. The summed E-state index contributed by atoms with van der Waals surface area (Å²) in [7, 11) is -3.78. The van der Waals surface area contributed by atoms with Crippen LogP contribution < -0.4 is 10.0 Å². The summed E-state index contributed by atoms with van der Waals surface area (Å²) < 4.78 is 32.8. The van der Waals surface area contributed by atoms with E-state index in [1.807, 2.05) is 13.2 Å². The number of carbonyl (C=O) groups is 1. The van der Waals surface area contributed by atoms with Crippen LogP contribution in [0.15, 0.2) is 33.7 Å². The molecule has 0 aliphatic rings. The van der Waals surface area contributed by atoms with Crippen molar-refractivity contribution in [3.63, 3.8) is 0 Å². The Hall–Kier alpha value is -1.91. The van der Waals surface area contributed by atoms with Crippen LogP contribution in [-0.2, 0) is 21.2 Å². The Labute approximate surface area is 169 Å². The first kappa shape index (κ1) is 22.4. The molecule has 1 unspecified atom stereocenters. The van der Waals surface area contributed by atoms with Crippen LogP contribution in [0.2, 0.25) is 0 Å². The molecule has 0 aliphatic carbocycles. The van der Waals surface area contributed by atoms with Crippen molar-refractivity contribution in [2.24, 2.45) is 0 Å². The van der Waals surface area contributed by atoms with Crippen molar-refractivity contribution in [3.8, 4) is 0 Å². The predicted octanol–water partition coefficient (Wildman–Crippen LogP) is 1.84. The summed E-state index contributed by atoms with van der Waals surface area (Å²) >= 11 is 1.56. The van der Waals surface area contributed by atoms with Gasteiger partial charge in [0.15, 0.2) is 5.82 Å². The van der Waals surface area contributed by atoms with Crippen LogP contribution in [0.3, 0.4) is 0 Å². The Balaban J connectivity index is 1.93. The minimum absolute atomic E-state index is 0.145. The molecule has 0 aliphatic heterocycles. The van der Waals surface area contributed by atoms with E-state index in [4.69, 9.17) is 4.52 Å². The highest BCUT2D eigenvalue weighted by Crippen LogP contribution is 2.12. The van der Waals surface area contributed by atoms with Gasteiger partial charge < -0.3 is 9.84 Å². The Morgan fingerprint density at radius 2 is 1.96 bits per heavy atom. The molecule has 0 saturated heterocycles. The average molecular weight is 427 g/mol. The van der Waals surface area contributed by atoms with Crippen molar-refractivity contribution in [1.29, 1.82) is 0 Å². The zero-order chi connectivity index (χ0) is 20.6. The molecule has 10 heteroatoms. The molecule has 2 aromatic rings. The quantitative estimate of drug-likeness (QED) is 0.527. The zero-order valence-electron chi connectivity index (χ0n) is 16.3. The summed E-state index contributed by atoms with van der Waals surface area (Å²) in [6, 6.07) is 5.70. The fraction of sp³-hybridized carbons (Fsp3) is 0.500. The minimum Gasteiger partial charge on any atom is -0.355 e. The van der Waals surface area contributed by atoms with Crippen molar-refractivity contribution < 1.29 is 17.7 Å².